The Balaban J connectivity index is 4.40. The molecule has 3 atom stereocenters. The maximum absolute atomic E-state index is 12.6. The average molecular weight is 852 g/mol. The van der Waals surface area contributed by atoms with Crippen LogP contribution in [-0.4, -0.2) is 59.9 Å². The first kappa shape index (κ1) is 56.2. The van der Waals surface area contributed by atoms with Crippen molar-refractivity contribution >= 4 is 25.7 Å². The molecule has 0 spiro atoms. The second kappa shape index (κ2) is 41.9. The van der Waals surface area contributed by atoms with E-state index in [-0.39, 0.29) is 19.4 Å². The summed E-state index contributed by atoms with van der Waals surface area (Å²) in [6.45, 7) is 2.66. The number of nitrogens with two attached hydrogens (primary N) is 1. The molecule has 0 aliphatic carbocycles. The standard InChI is InChI=1S/C47H82NO10P/c1-3-5-7-9-11-13-15-17-19-21-22-23-25-27-29-31-33-35-37-39-46(50)58-43(41-56-59(53,54)57-42-44(48)47(51)52)40-55-45(49)38-36-34-32-30-28-26-24-20-18-16-14-12-10-8-6-4-2/h5,7,11,13,17,19,22-23,27,29,43-44H,3-4,6,8-10,12,14-16,18,20-21,24-26,28,30-42,48H2,1-2H3,(H,51,52)(H,53,54)/b7-5-,13-11-,19-17-,23-22-,29-27-. The van der Waals surface area contributed by atoms with Crippen molar-refractivity contribution in [2.45, 2.75) is 199 Å². The molecule has 0 aliphatic rings. The molecular formula is C47H82NO10P. The Labute approximate surface area is 357 Å². The van der Waals surface area contributed by atoms with Crippen molar-refractivity contribution in [3.63, 3.8) is 0 Å². The minimum absolute atomic E-state index is 0.121. The Bertz CT molecular complexity index is 1230. The van der Waals surface area contributed by atoms with E-state index in [0.717, 1.165) is 70.6 Å². The fourth-order valence-corrected chi connectivity index (χ4v) is 6.75. The van der Waals surface area contributed by atoms with Gasteiger partial charge in [-0.15, -0.1) is 0 Å². The van der Waals surface area contributed by atoms with Crippen molar-refractivity contribution in [3.05, 3.63) is 60.8 Å². The van der Waals surface area contributed by atoms with Gasteiger partial charge >= 0.3 is 25.7 Å². The molecule has 3 unspecified atom stereocenters. The Morgan fingerprint density at radius 3 is 1.42 bits per heavy atom. The second-order valence-electron chi connectivity index (χ2n) is 15.2. The molecule has 0 fully saturated rings. The highest BCUT2D eigenvalue weighted by Crippen LogP contribution is 2.43. The van der Waals surface area contributed by atoms with E-state index in [1.165, 1.54) is 77.0 Å². The number of allylic oxidation sites excluding steroid dienone is 10. The third-order valence-electron chi connectivity index (χ3n) is 9.53. The first-order valence-electron chi connectivity index (χ1n) is 22.8. The molecule has 59 heavy (non-hydrogen) atoms. The molecule has 4 N–H and O–H groups in total. The van der Waals surface area contributed by atoms with Crippen LogP contribution in [-0.2, 0) is 37.5 Å². The van der Waals surface area contributed by atoms with E-state index in [2.05, 4.69) is 79.1 Å². The Morgan fingerprint density at radius 1 is 0.542 bits per heavy atom. The van der Waals surface area contributed by atoms with Gasteiger partial charge in [-0.2, -0.15) is 0 Å². The lowest BCUT2D eigenvalue weighted by Crippen LogP contribution is -2.34. The molecule has 340 valence electrons. The number of phosphoric ester groups is 1. The van der Waals surface area contributed by atoms with Crippen LogP contribution in [0.15, 0.2) is 60.8 Å². The highest BCUT2D eigenvalue weighted by Gasteiger charge is 2.28. The van der Waals surface area contributed by atoms with Crippen LogP contribution in [0.2, 0.25) is 0 Å². The molecule has 0 saturated heterocycles. The third-order valence-corrected chi connectivity index (χ3v) is 10.5. The molecule has 0 aliphatic heterocycles. The van der Waals surface area contributed by atoms with Gasteiger partial charge in [-0.3, -0.25) is 23.4 Å². The van der Waals surface area contributed by atoms with Gasteiger partial charge in [-0.05, 0) is 57.8 Å². The number of carbonyl (C=O) groups excluding carboxylic acids is 2. The van der Waals surface area contributed by atoms with Crippen LogP contribution in [0.1, 0.15) is 187 Å². The number of hydrogen-bond donors (Lipinski definition) is 3. The molecule has 0 radical (unpaired) electrons. The van der Waals surface area contributed by atoms with Gasteiger partial charge < -0.3 is 25.2 Å². The number of aliphatic carboxylic acids is 1. The molecule has 0 saturated carbocycles. The zero-order valence-corrected chi connectivity index (χ0v) is 37.7. The molecule has 12 heteroatoms. The number of phosphoric acid groups is 1. The first-order valence-corrected chi connectivity index (χ1v) is 24.3. The number of esters is 2. The lowest BCUT2D eigenvalue weighted by molar-refractivity contribution is -0.161. The highest BCUT2D eigenvalue weighted by atomic mass is 31.2. The van der Waals surface area contributed by atoms with Crippen LogP contribution in [0.25, 0.3) is 0 Å². The monoisotopic (exact) mass is 852 g/mol. The second-order valence-corrected chi connectivity index (χ2v) is 16.6. The molecule has 0 aromatic rings. The van der Waals surface area contributed by atoms with Crippen LogP contribution in [0.5, 0.6) is 0 Å². The number of ether oxygens (including phenoxy) is 2. The number of rotatable bonds is 42. The van der Waals surface area contributed by atoms with E-state index >= 15 is 0 Å². The fourth-order valence-electron chi connectivity index (χ4n) is 5.97. The smallest absolute Gasteiger partial charge is 0.472 e. The van der Waals surface area contributed by atoms with E-state index < -0.39 is 51.1 Å². The summed E-state index contributed by atoms with van der Waals surface area (Å²) in [6.07, 6.45) is 48.5. The summed E-state index contributed by atoms with van der Waals surface area (Å²) in [7, 11) is -4.73. The largest absolute Gasteiger partial charge is 0.480 e. The predicted molar refractivity (Wildman–Crippen MR) is 240 cm³/mol. The first-order chi connectivity index (χ1) is 28.6. The SMILES string of the molecule is CC/C=C\C/C=C\C/C=C\C/C=C\C/C=C\CCCCCC(=O)OC(COC(=O)CCCCCCCCCCCCCCCCCC)COP(=O)(O)OCC(N)C(=O)O. The van der Waals surface area contributed by atoms with Crippen molar-refractivity contribution in [2.75, 3.05) is 19.8 Å². The van der Waals surface area contributed by atoms with Gasteiger partial charge in [0, 0.05) is 12.8 Å². The molecule has 0 bridgehead atoms. The summed E-state index contributed by atoms with van der Waals surface area (Å²) in [5.74, 6) is -2.42. The molecule has 11 nitrogen and oxygen atoms in total. The molecular weight excluding hydrogens is 769 g/mol. The molecule has 0 rings (SSSR count). The van der Waals surface area contributed by atoms with Crippen LogP contribution >= 0.6 is 7.82 Å². The number of carboxylic acids is 1. The van der Waals surface area contributed by atoms with Gasteiger partial charge in [-0.1, -0.05) is 177 Å². The number of carbonyl (C=O) groups is 3. The highest BCUT2D eigenvalue weighted by molar-refractivity contribution is 7.47. The Morgan fingerprint density at radius 2 is 0.949 bits per heavy atom. The van der Waals surface area contributed by atoms with Gasteiger partial charge in [0.2, 0.25) is 0 Å². The third kappa shape index (κ3) is 41.7. The van der Waals surface area contributed by atoms with Crippen LogP contribution < -0.4 is 5.73 Å². The van der Waals surface area contributed by atoms with Crippen molar-refractivity contribution in [3.8, 4) is 0 Å². The lowest BCUT2D eigenvalue weighted by atomic mass is 10.0. The summed E-state index contributed by atoms with van der Waals surface area (Å²) < 4.78 is 32.7. The maximum Gasteiger partial charge on any atom is 0.472 e. The predicted octanol–water partition coefficient (Wildman–Crippen LogP) is 12.3. The molecule has 0 heterocycles. The van der Waals surface area contributed by atoms with E-state index in [4.69, 9.17) is 24.8 Å². The van der Waals surface area contributed by atoms with E-state index in [9.17, 15) is 23.8 Å². The topological polar surface area (TPSA) is 172 Å². The summed E-state index contributed by atoms with van der Waals surface area (Å²) in [5.41, 5.74) is 5.34. The zero-order chi connectivity index (χ0) is 43.5. The van der Waals surface area contributed by atoms with Gasteiger partial charge in [0.15, 0.2) is 6.10 Å². The zero-order valence-electron chi connectivity index (χ0n) is 36.8. The van der Waals surface area contributed by atoms with Crippen molar-refractivity contribution < 1.29 is 47.5 Å². The van der Waals surface area contributed by atoms with E-state index in [0.29, 0.717) is 12.8 Å². The molecule has 0 aromatic heterocycles. The minimum atomic E-state index is -4.73. The number of carboxylic acid groups (broad SMARTS) is 1. The van der Waals surface area contributed by atoms with Crippen molar-refractivity contribution in [1.82, 2.24) is 0 Å². The molecule has 0 amide bonds. The summed E-state index contributed by atoms with van der Waals surface area (Å²) in [6, 6.07) is -1.53. The fraction of sp³-hybridized carbons (Fsp3) is 0.723. The van der Waals surface area contributed by atoms with Crippen molar-refractivity contribution in [1.29, 1.82) is 0 Å². The van der Waals surface area contributed by atoms with E-state index in [1.807, 2.05) is 0 Å². The summed E-state index contributed by atoms with van der Waals surface area (Å²) >= 11 is 0. The number of unbranched alkanes of at least 4 members (excludes halogenated alkanes) is 18. The maximum atomic E-state index is 12.6. The normalized spacial score (nSPS) is 14.2. The van der Waals surface area contributed by atoms with Crippen LogP contribution in [0.4, 0.5) is 0 Å². The molecule has 0 aromatic carbocycles. The minimum Gasteiger partial charge on any atom is -0.480 e. The average Bonchev–Trinajstić information content (AvgIpc) is 3.21. The van der Waals surface area contributed by atoms with Gasteiger partial charge in [0.1, 0.15) is 12.6 Å². The van der Waals surface area contributed by atoms with Crippen LogP contribution in [0.3, 0.4) is 0 Å². The number of hydrogen-bond acceptors (Lipinski definition) is 9. The van der Waals surface area contributed by atoms with Gasteiger partial charge in [0.25, 0.3) is 0 Å². The Hall–Kier alpha value is -2.82. The van der Waals surface area contributed by atoms with E-state index in [1.54, 1.807) is 0 Å². The summed E-state index contributed by atoms with van der Waals surface area (Å²) in [4.78, 5) is 46.0. The van der Waals surface area contributed by atoms with Gasteiger partial charge in [-0.25, -0.2) is 4.57 Å². The summed E-state index contributed by atoms with van der Waals surface area (Å²) in [5, 5.41) is 8.90. The quantitative estimate of drug-likeness (QED) is 0.0231. The Kier molecular flexibility index (Phi) is 39.9. The lowest BCUT2D eigenvalue weighted by Gasteiger charge is -2.20. The van der Waals surface area contributed by atoms with Crippen LogP contribution in [0, 0.1) is 0 Å². The van der Waals surface area contributed by atoms with Gasteiger partial charge in [0.05, 0.1) is 13.2 Å². The van der Waals surface area contributed by atoms with Crippen molar-refractivity contribution in [2.24, 2.45) is 5.73 Å².